The lowest BCUT2D eigenvalue weighted by Gasteiger charge is -2.05. The summed E-state index contributed by atoms with van der Waals surface area (Å²) in [5.41, 5.74) is 1.65. The van der Waals surface area contributed by atoms with E-state index in [0.717, 1.165) is 11.3 Å². The highest BCUT2D eigenvalue weighted by atomic mass is 16.5. The van der Waals surface area contributed by atoms with Crippen LogP contribution < -0.4 is 4.74 Å². The smallest absolute Gasteiger partial charge is 0.233 e. The van der Waals surface area contributed by atoms with Gasteiger partial charge in [0.25, 0.3) is 0 Å². The van der Waals surface area contributed by atoms with Crippen LogP contribution in [0.25, 0.3) is 0 Å². The molecule has 0 saturated carbocycles. The molecule has 0 aliphatic rings. The van der Waals surface area contributed by atoms with Crippen LogP contribution in [0.15, 0.2) is 54.6 Å². The second-order valence-corrected chi connectivity index (χ2v) is 3.40. The van der Waals surface area contributed by atoms with Gasteiger partial charge in [0.2, 0.25) is 6.29 Å². The first-order valence-corrected chi connectivity index (χ1v) is 5.03. The molecule has 2 aromatic rings. The van der Waals surface area contributed by atoms with Crippen LogP contribution in [0.4, 0.5) is 0 Å². The van der Waals surface area contributed by atoms with Crippen LogP contribution in [-0.4, -0.2) is 6.29 Å². The van der Waals surface area contributed by atoms with Crippen LogP contribution in [0, 0.1) is 0 Å². The van der Waals surface area contributed by atoms with Gasteiger partial charge in [-0.05, 0) is 29.8 Å². The van der Waals surface area contributed by atoms with Gasteiger partial charge in [0, 0.05) is 5.56 Å². The summed E-state index contributed by atoms with van der Waals surface area (Å²) in [4.78, 5) is 10.3. The molecule has 0 aliphatic heterocycles. The zero-order valence-electron chi connectivity index (χ0n) is 8.72. The van der Waals surface area contributed by atoms with E-state index in [4.69, 9.17) is 4.74 Å². The monoisotopic (exact) mass is 211 g/mol. The molecule has 0 fully saturated rings. The minimum absolute atomic E-state index is 0.533. The van der Waals surface area contributed by atoms with E-state index >= 15 is 0 Å². The molecule has 2 nitrogen and oxygen atoms in total. The lowest BCUT2D eigenvalue weighted by atomic mass is 10.2. The highest BCUT2D eigenvalue weighted by Gasteiger charge is 1.96. The lowest BCUT2D eigenvalue weighted by molar-refractivity contribution is 0.306. The highest BCUT2D eigenvalue weighted by molar-refractivity contribution is 5.75. The molecule has 0 unspecified atom stereocenters. The molecule has 2 heteroatoms. The molecule has 2 aromatic carbocycles. The Balaban J connectivity index is 1.97. The average molecular weight is 211 g/mol. The number of ether oxygens (including phenoxy) is 1. The molecule has 0 atom stereocenters. The van der Waals surface area contributed by atoms with E-state index < -0.39 is 0 Å². The fraction of sp³-hybridized carbons (Fsp3) is 0.0714. The Hall–Kier alpha value is -2.09. The largest absolute Gasteiger partial charge is 0.489 e. The van der Waals surface area contributed by atoms with Crippen LogP contribution in [-0.2, 0) is 11.4 Å². The number of carbonyl (C=O) groups excluding carboxylic acids is 1. The van der Waals surface area contributed by atoms with Gasteiger partial charge in [-0.1, -0.05) is 30.3 Å². The maximum Gasteiger partial charge on any atom is 0.233 e. The Kier molecular flexibility index (Phi) is 3.34. The second-order valence-electron chi connectivity index (χ2n) is 3.40. The molecule has 16 heavy (non-hydrogen) atoms. The molecule has 2 rings (SSSR count). The van der Waals surface area contributed by atoms with Gasteiger partial charge in [0.05, 0.1) is 0 Å². The third kappa shape index (κ3) is 2.70. The predicted octanol–water partition coefficient (Wildman–Crippen LogP) is 2.72. The van der Waals surface area contributed by atoms with Crippen molar-refractivity contribution in [3.05, 3.63) is 65.7 Å². The summed E-state index contributed by atoms with van der Waals surface area (Å²) < 4.78 is 5.56. The summed E-state index contributed by atoms with van der Waals surface area (Å²) in [6.07, 6.45) is 1.82. The van der Waals surface area contributed by atoms with Crippen LogP contribution in [0.2, 0.25) is 0 Å². The Labute approximate surface area is 94.5 Å². The molecule has 0 heterocycles. The zero-order chi connectivity index (χ0) is 11.2. The molecule has 79 valence electrons. The molecule has 0 bridgehead atoms. The van der Waals surface area contributed by atoms with Crippen LogP contribution in [0.5, 0.6) is 5.75 Å². The van der Waals surface area contributed by atoms with E-state index in [2.05, 4.69) is 0 Å². The molecular formula is C14H11O2. The molecule has 0 amide bonds. The molecule has 1 radical (unpaired) electrons. The van der Waals surface area contributed by atoms with Gasteiger partial charge in [-0.15, -0.1) is 0 Å². The third-order valence-electron chi connectivity index (χ3n) is 2.22. The summed E-state index contributed by atoms with van der Waals surface area (Å²) in [5.74, 6) is 0.753. The van der Waals surface area contributed by atoms with E-state index in [9.17, 15) is 4.79 Å². The first kappa shape index (κ1) is 10.4. The zero-order valence-corrected chi connectivity index (χ0v) is 8.72. The molecule has 0 saturated heterocycles. The topological polar surface area (TPSA) is 26.3 Å². The second kappa shape index (κ2) is 5.12. The fourth-order valence-electron chi connectivity index (χ4n) is 1.36. The first-order chi connectivity index (χ1) is 7.88. The summed E-state index contributed by atoms with van der Waals surface area (Å²) in [6.45, 7) is 0.533. The molecule has 0 spiro atoms. The molecule has 0 N–H and O–H groups in total. The maximum atomic E-state index is 10.3. The molecule has 0 aromatic heterocycles. The van der Waals surface area contributed by atoms with E-state index in [1.807, 2.05) is 36.6 Å². The van der Waals surface area contributed by atoms with Crippen molar-refractivity contribution in [3.63, 3.8) is 0 Å². The van der Waals surface area contributed by atoms with Crippen molar-refractivity contribution >= 4 is 6.29 Å². The van der Waals surface area contributed by atoms with E-state index in [-0.39, 0.29) is 0 Å². The summed E-state index contributed by atoms with van der Waals surface area (Å²) in [5, 5.41) is 0. The highest BCUT2D eigenvalue weighted by Crippen LogP contribution is 2.13. The van der Waals surface area contributed by atoms with Crippen LogP contribution >= 0.6 is 0 Å². The minimum Gasteiger partial charge on any atom is -0.489 e. The number of benzene rings is 2. The van der Waals surface area contributed by atoms with Crippen molar-refractivity contribution in [2.45, 2.75) is 6.61 Å². The number of rotatable bonds is 4. The van der Waals surface area contributed by atoms with Gasteiger partial charge >= 0.3 is 0 Å². The summed E-state index contributed by atoms with van der Waals surface area (Å²) in [7, 11) is 0. The van der Waals surface area contributed by atoms with Gasteiger partial charge < -0.3 is 4.74 Å². The van der Waals surface area contributed by atoms with Crippen molar-refractivity contribution < 1.29 is 9.53 Å². The van der Waals surface area contributed by atoms with E-state index in [1.54, 1.807) is 24.3 Å². The van der Waals surface area contributed by atoms with Crippen molar-refractivity contribution in [2.75, 3.05) is 0 Å². The normalized spacial score (nSPS) is 9.75. The number of hydrogen-bond acceptors (Lipinski definition) is 2. The van der Waals surface area contributed by atoms with Gasteiger partial charge in [0.1, 0.15) is 12.4 Å². The first-order valence-electron chi connectivity index (χ1n) is 5.03. The lowest BCUT2D eigenvalue weighted by Crippen LogP contribution is -1.94. The third-order valence-corrected chi connectivity index (χ3v) is 2.22. The van der Waals surface area contributed by atoms with Gasteiger partial charge in [0.15, 0.2) is 0 Å². The van der Waals surface area contributed by atoms with Crippen molar-refractivity contribution in [3.8, 4) is 5.75 Å². The quantitative estimate of drug-likeness (QED) is 0.777. The van der Waals surface area contributed by atoms with Crippen molar-refractivity contribution in [2.24, 2.45) is 0 Å². The molecular weight excluding hydrogens is 200 g/mol. The van der Waals surface area contributed by atoms with Crippen molar-refractivity contribution in [1.82, 2.24) is 0 Å². The van der Waals surface area contributed by atoms with E-state index in [0.29, 0.717) is 12.2 Å². The summed E-state index contributed by atoms with van der Waals surface area (Å²) in [6, 6.07) is 16.8. The Morgan fingerprint density at radius 1 is 0.938 bits per heavy atom. The SMILES string of the molecule is O=[C]c1ccc(OCc2ccccc2)cc1. The van der Waals surface area contributed by atoms with E-state index in [1.165, 1.54) is 0 Å². The Bertz CT molecular complexity index is 446. The molecule has 0 aliphatic carbocycles. The standard InChI is InChI=1S/C14H11O2/c15-10-12-6-8-14(9-7-12)16-11-13-4-2-1-3-5-13/h1-9H,11H2. The Morgan fingerprint density at radius 3 is 2.25 bits per heavy atom. The minimum atomic E-state index is 0.533. The maximum absolute atomic E-state index is 10.3. The number of hydrogen-bond donors (Lipinski definition) is 0. The Morgan fingerprint density at radius 2 is 1.62 bits per heavy atom. The fourth-order valence-corrected chi connectivity index (χ4v) is 1.36. The van der Waals surface area contributed by atoms with Crippen LogP contribution in [0.1, 0.15) is 11.1 Å². The van der Waals surface area contributed by atoms with Crippen molar-refractivity contribution in [1.29, 1.82) is 0 Å². The predicted molar refractivity (Wildman–Crippen MR) is 62.0 cm³/mol. The summed E-state index contributed by atoms with van der Waals surface area (Å²) >= 11 is 0. The van der Waals surface area contributed by atoms with Gasteiger partial charge in [-0.25, -0.2) is 0 Å². The average Bonchev–Trinajstić information content (AvgIpc) is 2.38. The van der Waals surface area contributed by atoms with Gasteiger partial charge in [-0.2, -0.15) is 0 Å². The van der Waals surface area contributed by atoms with Gasteiger partial charge in [-0.3, -0.25) is 4.79 Å². The van der Waals surface area contributed by atoms with Crippen LogP contribution in [0.3, 0.4) is 0 Å².